The van der Waals surface area contributed by atoms with Gasteiger partial charge in [-0.25, -0.2) is 0 Å². The lowest BCUT2D eigenvalue weighted by molar-refractivity contribution is -0.122. The van der Waals surface area contributed by atoms with Crippen molar-refractivity contribution in [1.29, 1.82) is 0 Å². The first kappa shape index (κ1) is 15.4. The van der Waals surface area contributed by atoms with Gasteiger partial charge in [0.25, 0.3) is 0 Å². The zero-order valence-corrected chi connectivity index (χ0v) is 11.3. The van der Waals surface area contributed by atoms with Crippen molar-refractivity contribution >= 4 is 5.91 Å². The molecule has 0 bridgehead atoms. The van der Waals surface area contributed by atoms with Gasteiger partial charge >= 0.3 is 0 Å². The van der Waals surface area contributed by atoms with E-state index in [1.165, 1.54) is 0 Å². The van der Waals surface area contributed by atoms with Crippen LogP contribution in [0.1, 0.15) is 53.9 Å². The van der Waals surface area contributed by atoms with Crippen LogP contribution in [0.15, 0.2) is 0 Å². The largest absolute Gasteiger partial charge is 0.393 e. The zero-order chi connectivity index (χ0) is 12.8. The van der Waals surface area contributed by atoms with Gasteiger partial charge in [0.1, 0.15) is 0 Å². The maximum absolute atomic E-state index is 11.6. The average Bonchev–Trinajstić information content (AvgIpc) is 2.10. The lowest BCUT2D eigenvalue weighted by Gasteiger charge is -2.26. The minimum absolute atomic E-state index is 0.119. The Morgan fingerprint density at radius 1 is 1.31 bits per heavy atom. The summed E-state index contributed by atoms with van der Waals surface area (Å²) in [7, 11) is 0. The van der Waals surface area contributed by atoms with Crippen molar-refractivity contribution in [2.75, 3.05) is 6.54 Å². The fourth-order valence-electron chi connectivity index (χ4n) is 1.28. The van der Waals surface area contributed by atoms with E-state index in [4.69, 9.17) is 5.11 Å². The third-order valence-corrected chi connectivity index (χ3v) is 3.09. The molecule has 2 N–H and O–H groups in total. The van der Waals surface area contributed by atoms with E-state index >= 15 is 0 Å². The first-order valence-corrected chi connectivity index (χ1v) is 6.18. The predicted molar refractivity (Wildman–Crippen MR) is 67.2 cm³/mol. The predicted octanol–water partition coefficient (Wildman–Crippen LogP) is 2.34. The van der Waals surface area contributed by atoms with E-state index in [1.54, 1.807) is 6.92 Å². The summed E-state index contributed by atoms with van der Waals surface area (Å²) in [4.78, 5) is 11.6. The molecule has 3 heteroatoms. The van der Waals surface area contributed by atoms with Gasteiger partial charge < -0.3 is 10.4 Å². The molecule has 0 rings (SSSR count). The number of amides is 1. The summed E-state index contributed by atoms with van der Waals surface area (Å²) in [6, 6.07) is 0. The smallest absolute Gasteiger partial charge is 0.220 e. The Kier molecular flexibility index (Phi) is 6.65. The van der Waals surface area contributed by atoms with Crippen LogP contribution in [0.4, 0.5) is 0 Å². The molecular weight excluding hydrogens is 202 g/mol. The lowest BCUT2D eigenvalue weighted by atomic mass is 9.80. The highest BCUT2D eigenvalue weighted by molar-refractivity contribution is 5.76. The molecule has 0 aliphatic rings. The average molecular weight is 229 g/mol. The van der Waals surface area contributed by atoms with Crippen molar-refractivity contribution in [2.24, 2.45) is 11.3 Å². The number of carbonyl (C=O) groups is 1. The highest BCUT2D eigenvalue weighted by Crippen LogP contribution is 2.27. The van der Waals surface area contributed by atoms with Crippen LogP contribution >= 0.6 is 0 Å². The molecule has 2 atom stereocenters. The van der Waals surface area contributed by atoms with Crippen molar-refractivity contribution in [3.05, 3.63) is 0 Å². The van der Waals surface area contributed by atoms with Crippen LogP contribution in [0, 0.1) is 11.3 Å². The van der Waals surface area contributed by atoms with Gasteiger partial charge in [-0.1, -0.05) is 27.7 Å². The van der Waals surface area contributed by atoms with Crippen LogP contribution < -0.4 is 5.32 Å². The van der Waals surface area contributed by atoms with Gasteiger partial charge in [0, 0.05) is 13.0 Å². The maximum Gasteiger partial charge on any atom is 0.220 e. The van der Waals surface area contributed by atoms with Crippen molar-refractivity contribution in [1.82, 2.24) is 5.32 Å². The van der Waals surface area contributed by atoms with E-state index in [1.807, 2.05) is 0 Å². The Hall–Kier alpha value is -0.570. The van der Waals surface area contributed by atoms with Gasteiger partial charge in [0.15, 0.2) is 0 Å². The van der Waals surface area contributed by atoms with E-state index in [-0.39, 0.29) is 17.4 Å². The number of aliphatic hydroxyl groups is 1. The van der Waals surface area contributed by atoms with Crippen LogP contribution in [0.2, 0.25) is 0 Å². The molecule has 2 unspecified atom stereocenters. The normalized spacial score (nSPS) is 15.6. The van der Waals surface area contributed by atoms with Gasteiger partial charge in [-0.05, 0) is 31.1 Å². The zero-order valence-electron chi connectivity index (χ0n) is 11.3. The fraction of sp³-hybridized carbons (Fsp3) is 0.923. The summed E-state index contributed by atoms with van der Waals surface area (Å²) >= 11 is 0. The molecule has 0 aliphatic carbocycles. The molecule has 0 spiro atoms. The van der Waals surface area contributed by atoms with Crippen LogP contribution in [0.25, 0.3) is 0 Å². The SMILES string of the molecule is CC(O)CCCNC(=O)CC(C)C(C)(C)C. The van der Waals surface area contributed by atoms with E-state index in [9.17, 15) is 4.79 Å². The summed E-state index contributed by atoms with van der Waals surface area (Å²) in [6.45, 7) is 11.0. The molecule has 0 radical (unpaired) electrons. The summed E-state index contributed by atoms with van der Waals surface area (Å²) in [6.07, 6.45) is 1.89. The third kappa shape index (κ3) is 7.69. The summed E-state index contributed by atoms with van der Waals surface area (Å²) < 4.78 is 0. The van der Waals surface area contributed by atoms with E-state index in [0.717, 1.165) is 12.8 Å². The first-order chi connectivity index (χ1) is 7.23. The molecule has 1 amide bonds. The summed E-state index contributed by atoms with van der Waals surface area (Å²) in [5.41, 5.74) is 0.178. The molecule has 0 saturated carbocycles. The van der Waals surface area contributed by atoms with Crippen molar-refractivity contribution in [3.8, 4) is 0 Å². The number of hydrogen-bond acceptors (Lipinski definition) is 2. The molecular formula is C13H27NO2. The highest BCUT2D eigenvalue weighted by Gasteiger charge is 2.22. The lowest BCUT2D eigenvalue weighted by Crippen LogP contribution is -2.30. The Balaban J connectivity index is 3.67. The highest BCUT2D eigenvalue weighted by atomic mass is 16.3. The van der Waals surface area contributed by atoms with Crippen LogP contribution in [-0.4, -0.2) is 23.7 Å². The Labute approximate surface area is 99.6 Å². The number of hydrogen-bond donors (Lipinski definition) is 2. The second kappa shape index (κ2) is 6.89. The molecule has 0 aliphatic heterocycles. The van der Waals surface area contributed by atoms with E-state index in [2.05, 4.69) is 33.0 Å². The van der Waals surface area contributed by atoms with Gasteiger partial charge in [0.05, 0.1) is 6.10 Å². The maximum atomic E-state index is 11.6. The molecule has 3 nitrogen and oxygen atoms in total. The minimum atomic E-state index is -0.273. The molecule has 0 heterocycles. The monoisotopic (exact) mass is 229 g/mol. The van der Waals surface area contributed by atoms with Gasteiger partial charge in [0.2, 0.25) is 5.91 Å². The van der Waals surface area contributed by atoms with Gasteiger partial charge in [-0.15, -0.1) is 0 Å². The Morgan fingerprint density at radius 3 is 2.31 bits per heavy atom. The Bertz CT molecular complexity index is 206. The molecule has 0 aromatic carbocycles. The number of rotatable bonds is 6. The Morgan fingerprint density at radius 2 is 1.88 bits per heavy atom. The molecule has 0 aromatic rings. The van der Waals surface area contributed by atoms with E-state index < -0.39 is 0 Å². The number of aliphatic hydroxyl groups excluding tert-OH is 1. The van der Waals surface area contributed by atoms with Crippen molar-refractivity contribution < 1.29 is 9.90 Å². The molecule has 0 fully saturated rings. The standard InChI is InChI=1S/C13H27NO2/c1-10(13(3,4)5)9-12(16)14-8-6-7-11(2)15/h10-11,15H,6-9H2,1-5H3,(H,14,16). The van der Waals surface area contributed by atoms with Crippen LogP contribution in [0.5, 0.6) is 0 Å². The second-order valence-electron chi connectivity index (χ2n) is 5.81. The summed E-state index contributed by atoms with van der Waals surface area (Å²) in [5.74, 6) is 0.497. The molecule has 16 heavy (non-hydrogen) atoms. The molecule has 0 saturated heterocycles. The van der Waals surface area contributed by atoms with Gasteiger partial charge in [-0.3, -0.25) is 4.79 Å². The van der Waals surface area contributed by atoms with Crippen LogP contribution in [-0.2, 0) is 4.79 Å². The molecule has 96 valence electrons. The van der Waals surface area contributed by atoms with E-state index in [0.29, 0.717) is 18.9 Å². The fourth-order valence-corrected chi connectivity index (χ4v) is 1.28. The van der Waals surface area contributed by atoms with Crippen molar-refractivity contribution in [2.45, 2.75) is 60.0 Å². The number of nitrogens with one attached hydrogen (secondary N) is 1. The third-order valence-electron chi connectivity index (χ3n) is 3.09. The molecule has 0 aromatic heterocycles. The van der Waals surface area contributed by atoms with Crippen molar-refractivity contribution in [3.63, 3.8) is 0 Å². The number of carbonyl (C=O) groups excluding carboxylic acids is 1. The second-order valence-corrected chi connectivity index (χ2v) is 5.81. The minimum Gasteiger partial charge on any atom is -0.393 e. The quantitative estimate of drug-likeness (QED) is 0.687. The topological polar surface area (TPSA) is 49.3 Å². The first-order valence-electron chi connectivity index (χ1n) is 6.18. The van der Waals surface area contributed by atoms with Crippen LogP contribution in [0.3, 0.4) is 0 Å². The van der Waals surface area contributed by atoms with Gasteiger partial charge in [-0.2, -0.15) is 0 Å². The summed E-state index contributed by atoms with van der Waals surface area (Å²) in [5, 5.41) is 11.9.